The zero-order valence-electron chi connectivity index (χ0n) is 15.2. The third-order valence-corrected chi connectivity index (χ3v) is 5.29. The van der Waals surface area contributed by atoms with Gasteiger partial charge >= 0.3 is 0 Å². The zero-order valence-corrected chi connectivity index (χ0v) is 16.0. The van der Waals surface area contributed by atoms with E-state index >= 15 is 0 Å². The highest BCUT2D eigenvalue weighted by Crippen LogP contribution is 2.18. The fourth-order valence-electron chi connectivity index (χ4n) is 3.68. The number of ether oxygens (including phenoxy) is 1. The van der Waals surface area contributed by atoms with Gasteiger partial charge in [-0.15, -0.1) is 5.10 Å². The highest BCUT2D eigenvalue weighted by Gasteiger charge is 2.26. The Morgan fingerprint density at radius 2 is 2.07 bits per heavy atom. The molecule has 1 fully saturated rings. The molecule has 5 nitrogen and oxygen atoms in total. The molecule has 2 aliphatic rings. The number of anilines is 1. The predicted molar refractivity (Wildman–Crippen MR) is 109 cm³/mol. The van der Waals surface area contributed by atoms with Crippen LogP contribution in [-0.4, -0.2) is 47.3 Å². The van der Waals surface area contributed by atoms with E-state index in [1.807, 2.05) is 28.9 Å². The molecule has 27 heavy (non-hydrogen) atoms. The fourth-order valence-corrected chi connectivity index (χ4v) is 3.80. The van der Waals surface area contributed by atoms with Gasteiger partial charge in [0.05, 0.1) is 30.3 Å². The number of aromatic nitrogens is 2. The first-order valence-electron chi connectivity index (χ1n) is 9.45. The average molecular weight is 386 g/mol. The monoisotopic (exact) mass is 385 g/mol. The number of morpholine rings is 1. The standard InChI is InChI=1S/C21H24ClN3O2/c22-16-7-9-17(10-8-16)25-20-6-4-2-1-3-5-19(20)21(23-25)24-12-14-27-15-18(24)11-13-26/h1,3,5-10,18,26H,2,4,11-15H2. The Balaban J connectivity index is 1.88. The molecular weight excluding hydrogens is 362 g/mol. The molecule has 1 saturated heterocycles. The molecule has 2 heterocycles. The lowest BCUT2D eigenvalue weighted by molar-refractivity contribution is 0.0844. The van der Waals surface area contributed by atoms with E-state index < -0.39 is 0 Å². The van der Waals surface area contributed by atoms with Gasteiger partial charge in [-0.05, 0) is 49.6 Å². The van der Waals surface area contributed by atoms with Crippen molar-refractivity contribution in [2.45, 2.75) is 25.3 Å². The summed E-state index contributed by atoms with van der Waals surface area (Å²) in [5, 5.41) is 17.4. The van der Waals surface area contributed by atoms with Crippen LogP contribution >= 0.6 is 11.6 Å². The zero-order chi connectivity index (χ0) is 18.6. The van der Waals surface area contributed by atoms with Gasteiger partial charge < -0.3 is 14.7 Å². The molecule has 0 radical (unpaired) electrons. The number of nitrogens with zero attached hydrogens (tertiary/aromatic N) is 3. The molecule has 0 saturated carbocycles. The molecule has 1 N–H and O–H groups in total. The number of hydrogen-bond donors (Lipinski definition) is 1. The molecule has 142 valence electrons. The molecule has 4 rings (SSSR count). The van der Waals surface area contributed by atoms with E-state index in [1.54, 1.807) is 0 Å². The normalized spacial score (nSPS) is 19.6. The second-order valence-electron chi connectivity index (χ2n) is 6.82. The van der Waals surface area contributed by atoms with Crippen LogP contribution in [0, 0.1) is 0 Å². The molecular formula is C21H24ClN3O2. The summed E-state index contributed by atoms with van der Waals surface area (Å²) in [5.41, 5.74) is 0.989. The molecule has 6 heteroatoms. The number of hydrogen-bond acceptors (Lipinski definition) is 4. The summed E-state index contributed by atoms with van der Waals surface area (Å²) in [6.07, 6.45) is 11.4. The Morgan fingerprint density at radius 1 is 1.22 bits per heavy atom. The SMILES string of the molecule is OCCC1COCCN1c1nn(-c2ccc(Cl)cc2)c2c1=CC=CCCC=2. The average Bonchev–Trinajstić information content (AvgIpc) is 3.00. The number of benzene rings is 1. The van der Waals surface area contributed by atoms with Crippen LogP contribution in [0.15, 0.2) is 36.4 Å². The lowest BCUT2D eigenvalue weighted by Crippen LogP contribution is -2.48. The van der Waals surface area contributed by atoms with Crippen molar-refractivity contribution < 1.29 is 9.84 Å². The molecule has 0 amide bonds. The van der Waals surface area contributed by atoms with E-state index in [0.717, 1.165) is 41.5 Å². The van der Waals surface area contributed by atoms with Crippen LogP contribution in [0.3, 0.4) is 0 Å². The van der Waals surface area contributed by atoms with Crippen molar-refractivity contribution in [2.24, 2.45) is 0 Å². The summed E-state index contributed by atoms with van der Waals surface area (Å²) < 4.78 is 7.65. The summed E-state index contributed by atoms with van der Waals surface area (Å²) in [6.45, 7) is 2.19. The maximum Gasteiger partial charge on any atom is 0.159 e. The Bertz CT molecular complexity index is 932. The van der Waals surface area contributed by atoms with E-state index in [4.69, 9.17) is 21.4 Å². The van der Waals surface area contributed by atoms with Gasteiger partial charge in [-0.25, -0.2) is 4.68 Å². The molecule has 1 aliphatic carbocycles. The van der Waals surface area contributed by atoms with Crippen molar-refractivity contribution in [3.8, 4) is 5.69 Å². The third kappa shape index (κ3) is 3.81. The highest BCUT2D eigenvalue weighted by atomic mass is 35.5. The molecule has 1 aromatic carbocycles. The van der Waals surface area contributed by atoms with Crippen molar-refractivity contribution in [2.75, 3.05) is 31.3 Å². The van der Waals surface area contributed by atoms with Crippen molar-refractivity contribution >= 4 is 29.6 Å². The van der Waals surface area contributed by atoms with Crippen LogP contribution in [0.5, 0.6) is 0 Å². The third-order valence-electron chi connectivity index (χ3n) is 5.04. The van der Waals surface area contributed by atoms with Gasteiger partial charge in [-0.3, -0.25) is 0 Å². The number of rotatable bonds is 4. The second kappa shape index (κ2) is 8.30. The maximum atomic E-state index is 9.47. The number of aliphatic hydroxyl groups is 1. The van der Waals surface area contributed by atoms with E-state index in [9.17, 15) is 5.11 Å². The van der Waals surface area contributed by atoms with Crippen molar-refractivity contribution in [3.05, 3.63) is 52.0 Å². The number of halogens is 1. The van der Waals surface area contributed by atoms with Crippen molar-refractivity contribution in [3.63, 3.8) is 0 Å². The van der Waals surface area contributed by atoms with Crippen LogP contribution < -0.4 is 15.5 Å². The lowest BCUT2D eigenvalue weighted by Gasteiger charge is -2.35. The first-order valence-corrected chi connectivity index (χ1v) is 9.83. The summed E-state index contributed by atoms with van der Waals surface area (Å²) in [7, 11) is 0. The molecule has 1 atom stereocenters. The van der Waals surface area contributed by atoms with Crippen LogP contribution in [0.4, 0.5) is 5.82 Å². The van der Waals surface area contributed by atoms with E-state index in [1.165, 1.54) is 0 Å². The van der Waals surface area contributed by atoms with Gasteiger partial charge in [0.2, 0.25) is 0 Å². The van der Waals surface area contributed by atoms with E-state index in [2.05, 4.69) is 29.2 Å². The number of fused-ring (bicyclic) bond motifs is 1. The van der Waals surface area contributed by atoms with Crippen molar-refractivity contribution in [1.29, 1.82) is 0 Å². The van der Waals surface area contributed by atoms with Crippen LogP contribution in [0.2, 0.25) is 5.02 Å². The largest absolute Gasteiger partial charge is 0.396 e. The van der Waals surface area contributed by atoms with Crippen LogP contribution in [0.25, 0.3) is 17.8 Å². The van der Waals surface area contributed by atoms with Gasteiger partial charge in [-0.2, -0.15) is 0 Å². The second-order valence-corrected chi connectivity index (χ2v) is 7.26. The van der Waals surface area contributed by atoms with Gasteiger partial charge in [0, 0.05) is 23.4 Å². The van der Waals surface area contributed by atoms with Crippen LogP contribution in [-0.2, 0) is 4.74 Å². The van der Waals surface area contributed by atoms with Gasteiger partial charge in [-0.1, -0.05) is 29.8 Å². The van der Waals surface area contributed by atoms with Crippen LogP contribution in [0.1, 0.15) is 19.3 Å². The summed E-state index contributed by atoms with van der Waals surface area (Å²) in [4.78, 5) is 2.28. The maximum absolute atomic E-state index is 9.47. The first-order chi connectivity index (χ1) is 13.3. The number of aliphatic hydroxyl groups excluding tert-OH is 1. The van der Waals surface area contributed by atoms with Crippen molar-refractivity contribution in [1.82, 2.24) is 9.78 Å². The van der Waals surface area contributed by atoms with E-state index in [0.29, 0.717) is 24.7 Å². The topological polar surface area (TPSA) is 50.5 Å². The predicted octanol–water partition coefficient (Wildman–Crippen LogP) is 2.02. The molecule has 1 aromatic heterocycles. The highest BCUT2D eigenvalue weighted by molar-refractivity contribution is 6.30. The Kier molecular flexibility index (Phi) is 5.62. The van der Waals surface area contributed by atoms with E-state index in [-0.39, 0.29) is 12.6 Å². The summed E-state index contributed by atoms with van der Waals surface area (Å²) in [6, 6.07) is 7.89. The van der Waals surface area contributed by atoms with Gasteiger partial charge in [0.15, 0.2) is 5.82 Å². The minimum absolute atomic E-state index is 0.129. The first kappa shape index (κ1) is 18.3. The molecule has 0 bridgehead atoms. The molecule has 1 aliphatic heterocycles. The summed E-state index contributed by atoms with van der Waals surface area (Å²) in [5.74, 6) is 0.949. The molecule has 2 aromatic rings. The quantitative estimate of drug-likeness (QED) is 0.874. The minimum atomic E-state index is 0.129. The number of allylic oxidation sites excluding steroid dienone is 2. The molecule has 1 unspecified atom stereocenters. The molecule has 0 spiro atoms. The van der Waals surface area contributed by atoms with Gasteiger partial charge in [0.25, 0.3) is 0 Å². The van der Waals surface area contributed by atoms with Gasteiger partial charge in [0.1, 0.15) is 0 Å². The Hall–Kier alpha value is -2.08. The smallest absolute Gasteiger partial charge is 0.159 e. The lowest BCUT2D eigenvalue weighted by atomic mass is 10.1. The summed E-state index contributed by atoms with van der Waals surface area (Å²) >= 11 is 6.07. The Morgan fingerprint density at radius 3 is 2.89 bits per heavy atom. The Labute approximate surface area is 163 Å². The minimum Gasteiger partial charge on any atom is -0.396 e. The fraction of sp³-hybridized carbons (Fsp3) is 0.381.